The number of aromatic amines is 1. The van der Waals surface area contributed by atoms with E-state index in [0.717, 1.165) is 5.56 Å². The first kappa shape index (κ1) is 21.6. The van der Waals surface area contributed by atoms with Gasteiger partial charge in [-0.2, -0.15) is 0 Å². The van der Waals surface area contributed by atoms with Gasteiger partial charge in [-0.1, -0.05) is 23.9 Å². The van der Waals surface area contributed by atoms with Gasteiger partial charge in [-0.3, -0.25) is 14.2 Å². The van der Waals surface area contributed by atoms with Gasteiger partial charge in [0.25, 0.3) is 11.1 Å². The molecule has 0 saturated heterocycles. The van der Waals surface area contributed by atoms with Crippen LogP contribution >= 0.6 is 23.1 Å². The number of furan rings is 1. The van der Waals surface area contributed by atoms with Crippen molar-refractivity contribution in [2.24, 2.45) is 0 Å². The Kier molecular flexibility index (Phi) is 5.88. The van der Waals surface area contributed by atoms with Crippen LogP contribution in [0.25, 0.3) is 32.4 Å². The topological polar surface area (TPSA) is 114 Å². The Morgan fingerprint density at radius 1 is 1.21 bits per heavy atom. The van der Waals surface area contributed by atoms with Crippen LogP contribution in [0, 0.1) is 0 Å². The Hall–Kier alpha value is -3.21. The normalized spacial score (nSPS) is 12.5. The molecule has 0 saturated carbocycles. The summed E-state index contributed by atoms with van der Waals surface area (Å²) >= 11 is 2.73. The van der Waals surface area contributed by atoms with E-state index < -0.39 is 0 Å². The van der Waals surface area contributed by atoms with E-state index in [1.165, 1.54) is 23.1 Å². The number of hydrogen-bond donors (Lipinski definition) is 2. The zero-order chi connectivity index (χ0) is 22.9. The fraction of sp³-hybridized carbons (Fsp3) is 0.217. The summed E-state index contributed by atoms with van der Waals surface area (Å²) in [7, 11) is 0. The van der Waals surface area contributed by atoms with Crippen molar-refractivity contribution >= 4 is 44.2 Å². The Balaban J connectivity index is 1.54. The molecule has 4 aromatic heterocycles. The van der Waals surface area contributed by atoms with E-state index in [9.17, 15) is 14.7 Å². The van der Waals surface area contributed by atoms with Gasteiger partial charge in [0.1, 0.15) is 16.4 Å². The fourth-order valence-corrected chi connectivity index (χ4v) is 5.58. The van der Waals surface area contributed by atoms with E-state index in [-0.39, 0.29) is 23.0 Å². The molecule has 1 atom stereocenters. The summed E-state index contributed by atoms with van der Waals surface area (Å²) in [5.74, 6) is 1.12. The summed E-state index contributed by atoms with van der Waals surface area (Å²) in [4.78, 5) is 38.9. The summed E-state index contributed by atoms with van der Waals surface area (Å²) in [5, 5.41) is 12.4. The predicted octanol–water partition coefficient (Wildman–Crippen LogP) is 4.19. The molecule has 2 N–H and O–H groups in total. The largest absolute Gasteiger partial charge is 0.464 e. The summed E-state index contributed by atoms with van der Waals surface area (Å²) in [6, 6.07) is 10.8. The van der Waals surface area contributed by atoms with Crippen LogP contribution in [-0.4, -0.2) is 31.2 Å². The van der Waals surface area contributed by atoms with Gasteiger partial charge in [0.15, 0.2) is 5.16 Å². The van der Waals surface area contributed by atoms with E-state index in [2.05, 4.69) is 9.97 Å². The first-order chi connectivity index (χ1) is 16.1. The SMILES string of the molecule is CC(Sc1nc2ccccc2c(=O)n1CCCO)c1nc2scc(-c3ccco3)c2c(=O)[nH]1. The van der Waals surface area contributed by atoms with E-state index >= 15 is 0 Å². The fourth-order valence-electron chi connectivity index (χ4n) is 3.65. The first-order valence-electron chi connectivity index (χ1n) is 10.4. The Morgan fingerprint density at radius 2 is 2.06 bits per heavy atom. The first-order valence-corrected chi connectivity index (χ1v) is 12.1. The van der Waals surface area contributed by atoms with Crippen LogP contribution in [0.3, 0.4) is 0 Å². The maximum Gasteiger partial charge on any atom is 0.262 e. The van der Waals surface area contributed by atoms with Crippen molar-refractivity contribution in [1.29, 1.82) is 0 Å². The standard InChI is InChI=1S/C23H20N4O4S2/c1-13(19-25-20(29)18-15(12-32-21(18)26-19)17-8-4-11-31-17)33-23-24-16-7-3-2-6-14(16)22(30)27(23)9-5-10-28/h2-4,6-8,11-13,28H,5,9-10H2,1H3,(H,25,26,29). The van der Waals surface area contributed by atoms with E-state index in [0.29, 0.717) is 50.8 Å². The van der Waals surface area contributed by atoms with Gasteiger partial charge in [-0.15, -0.1) is 11.3 Å². The molecule has 10 heteroatoms. The highest BCUT2D eigenvalue weighted by molar-refractivity contribution is 7.99. The maximum atomic E-state index is 13.1. The smallest absolute Gasteiger partial charge is 0.262 e. The lowest BCUT2D eigenvalue weighted by Gasteiger charge is -2.16. The number of para-hydroxylation sites is 1. The molecule has 0 spiro atoms. The molecule has 0 amide bonds. The minimum atomic E-state index is -0.273. The number of hydrogen-bond acceptors (Lipinski definition) is 8. The number of nitrogens with zero attached hydrogens (tertiary/aromatic N) is 3. The molecule has 0 aliphatic heterocycles. The van der Waals surface area contributed by atoms with Crippen molar-refractivity contribution in [3.63, 3.8) is 0 Å². The van der Waals surface area contributed by atoms with Crippen LogP contribution < -0.4 is 11.1 Å². The van der Waals surface area contributed by atoms with Gasteiger partial charge in [-0.05, 0) is 37.6 Å². The zero-order valence-corrected chi connectivity index (χ0v) is 19.3. The minimum absolute atomic E-state index is 0.0269. The monoisotopic (exact) mass is 480 g/mol. The molecule has 1 aromatic carbocycles. The highest BCUT2D eigenvalue weighted by Gasteiger charge is 2.20. The number of aliphatic hydroxyl groups excluding tert-OH is 1. The highest BCUT2D eigenvalue weighted by Crippen LogP contribution is 2.35. The maximum absolute atomic E-state index is 13.1. The second-order valence-corrected chi connectivity index (χ2v) is 9.63. The van der Waals surface area contributed by atoms with Gasteiger partial charge >= 0.3 is 0 Å². The molecule has 33 heavy (non-hydrogen) atoms. The van der Waals surface area contributed by atoms with Crippen molar-refractivity contribution in [2.75, 3.05) is 6.61 Å². The molecule has 1 unspecified atom stereocenters. The third kappa shape index (κ3) is 4.01. The molecule has 0 aliphatic carbocycles. The number of aliphatic hydroxyl groups is 1. The Labute approximate surface area is 195 Å². The minimum Gasteiger partial charge on any atom is -0.464 e. The molecular weight excluding hydrogens is 460 g/mol. The number of rotatable bonds is 7. The Morgan fingerprint density at radius 3 is 2.85 bits per heavy atom. The lowest BCUT2D eigenvalue weighted by atomic mass is 10.2. The van der Waals surface area contributed by atoms with Crippen LogP contribution in [0.15, 0.2) is 67.2 Å². The number of thiophene rings is 1. The molecule has 5 rings (SSSR count). The van der Waals surface area contributed by atoms with E-state index in [4.69, 9.17) is 9.40 Å². The lowest BCUT2D eigenvalue weighted by Crippen LogP contribution is -2.24. The van der Waals surface area contributed by atoms with Gasteiger partial charge in [0.05, 0.1) is 27.8 Å². The molecule has 168 valence electrons. The average molecular weight is 481 g/mol. The highest BCUT2D eigenvalue weighted by atomic mass is 32.2. The second kappa shape index (κ2) is 8.97. The molecule has 5 aromatic rings. The predicted molar refractivity (Wildman–Crippen MR) is 130 cm³/mol. The summed E-state index contributed by atoms with van der Waals surface area (Å²) < 4.78 is 7.03. The van der Waals surface area contributed by atoms with Crippen LogP contribution in [-0.2, 0) is 6.54 Å². The van der Waals surface area contributed by atoms with Gasteiger partial charge in [0.2, 0.25) is 0 Å². The van der Waals surface area contributed by atoms with Crippen LogP contribution in [0.4, 0.5) is 0 Å². The molecule has 0 bridgehead atoms. The molecule has 0 radical (unpaired) electrons. The lowest BCUT2D eigenvalue weighted by molar-refractivity contribution is 0.276. The summed E-state index contributed by atoms with van der Waals surface area (Å²) in [6.07, 6.45) is 2.01. The van der Waals surface area contributed by atoms with Crippen LogP contribution in [0.5, 0.6) is 0 Å². The zero-order valence-electron chi connectivity index (χ0n) is 17.6. The van der Waals surface area contributed by atoms with Crippen molar-refractivity contribution in [3.8, 4) is 11.3 Å². The van der Waals surface area contributed by atoms with Gasteiger partial charge < -0.3 is 14.5 Å². The second-order valence-electron chi connectivity index (χ2n) is 7.46. The number of fused-ring (bicyclic) bond motifs is 2. The summed E-state index contributed by atoms with van der Waals surface area (Å²) in [6.45, 7) is 2.23. The van der Waals surface area contributed by atoms with Crippen LogP contribution in [0.2, 0.25) is 0 Å². The van der Waals surface area contributed by atoms with E-state index in [1.54, 1.807) is 35.1 Å². The molecule has 4 heterocycles. The van der Waals surface area contributed by atoms with E-state index in [1.807, 2.05) is 24.4 Å². The molecule has 0 aliphatic rings. The number of aromatic nitrogens is 4. The molecule has 0 fully saturated rings. The number of nitrogens with one attached hydrogen (secondary N) is 1. The number of benzene rings is 1. The molecule has 8 nitrogen and oxygen atoms in total. The number of H-pyrrole nitrogens is 1. The number of thioether (sulfide) groups is 1. The average Bonchev–Trinajstić information content (AvgIpc) is 3.49. The third-order valence-corrected chi connectivity index (χ3v) is 7.25. The third-order valence-electron chi connectivity index (χ3n) is 5.28. The van der Waals surface area contributed by atoms with Crippen LogP contribution in [0.1, 0.15) is 24.4 Å². The quantitative estimate of drug-likeness (QED) is 0.265. The Bertz CT molecular complexity index is 1550. The van der Waals surface area contributed by atoms with Crippen molar-refractivity contribution in [3.05, 3.63) is 74.6 Å². The van der Waals surface area contributed by atoms with Crippen molar-refractivity contribution < 1.29 is 9.52 Å². The van der Waals surface area contributed by atoms with Gasteiger partial charge in [0, 0.05) is 24.1 Å². The van der Waals surface area contributed by atoms with Crippen molar-refractivity contribution in [1.82, 2.24) is 19.5 Å². The van der Waals surface area contributed by atoms with Gasteiger partial charge in [-0.25, -0.2) is 9.97 Å². The summed E-state index contributed by atoms with van der Waals surface area (Å²) in [5.41, 5.74) is 0.937. The van der Waals surface area contributed by atoms with Crippen molar-refractivity contribution in [2.45, 2.75) is 30.3 Å². The molecular formula is C23H20N4O4S2.